The highest BCUT2D eigenvalue weighted by Gasteiger charge is 2.34. The van der Waals surface area contributed by atoms with Crippen molar-refractivity contribution in [2.24, 2.45) is 0 Å². The molecule has 1 rings (SSSR count). The average Bonchev–Trinajstić information content (AvgIpc) is 2.35. The van der Waals surface area contributed by atoms with E-state index < -0.39 is 23.5 Å². The van der Waals surface area contributed by atoms with Crippen LogP contribution in [0.4, 0.5) is 17.6 Å². The lowest BCUT2D eigenvalue weighted by Crippen LogP contribution is -2.32. The van der Waals surface area contributed by atoms with Crippen molar-refractivity contribution in [1.29, 1.82) is 0 Å². The molecular formula is C13H14BrF4NO. The standard InChI is InChI=1S/C13H14BrF4NO/c1-8(3-2-6-14)19-12(20)9-4-5-11(15)10(7-9)13(16,17)18/h4-5,7-8H,2-3,6H2,1H3,(H,19,20). The third-order valence-electron chi connectivity index (χ3n) is 2.68. The summed E-state index contributed by atoms with van der Waals surface area (Å²) >= 11 is 3.25. The monoisotopic (exact) mass is 355 g/mol. The number of halogens is 5. The van der Waals surface area contributed by atoms with Gasteiger partial charge in [0.2, 0.25) is 0 Å². The van der Waals surface area contributed by atoms with E-state index in [1.54, 1.807) is 6.92 Å². The first kappa shape index (κ1) is 16.9. The van der Waals surface area contributed by atoms with E-state index in [0.29, 0.717) is 18.6 Å². The fraction of sp³-hybridized carbons (Fsp3) is 0.462. The van der Waals surface area contributed by atoms with Crippen LogP contribution in [0.1, 0.15) is 35.7 Å². The molecule has 20 heavy (non-hydrogen) atoms. The van der Waals surface area contributed by atoms with Gasteiger partial charge in [-0.15, -0.1) is 0 Å². The summed E-state index contributed by atoms with van der Waals surface area (Å²) in [5, 5.41) is 3.36. The Kier molecular flexibility index (Phi) is 5.98. The maximum atomic E-state index is 13.1. The van der Waals surface area contributed by atoms with Gasteiger partial charge in [0.15, 0.2) is 0 Å². The topological polar surface area (TPSA) is 29.1 Å². The van der Waals surface area contributed by atoms with Crippen molar-refractivity contribution in [3.05, 3.63) is 35.1 Å². The summed E-state index contributed by atoms with van der Waals surface area (Å²) in [4.78, 5) is 11.8. The van der Waals surface area contributed by atoms with E-state index in [4.69, 9.17) is 0 Å². The minimum absolute atomic E-state index is 0.167. The smallest absolute Gasteiger partial charge is 0.350 e. The number of benzene rings is 1. The molecule has 0 aliphatic heterocycles. The van der Waals surface area contributed by atoms with Gasteiger partial charge in [-0.3, -0.25) is 4.79 Å². The number of rotatable bonds is 5. The highest BCUT2D eigenvalue weighted by molar-refractivity contribution is 9.09. The summed E-state index contributed by atoms with van der Waals surface area (Å²) < 4.78 is 50.7. The normalized spacial score (nSPS) is 13.1. The van der Waals surface area contributed by atoms with Crippen LogP contribution in [-0.4, -0.2) is 17.3 Å². The lowest BCUT2D eigenvalue weighted by molar-refractivity contribution is -0.140. The molecule has 0 spiro atoms. The van der Waals surface area contributed by atoms with Crippen LogP contribution in [0.5, 0.6) is 0 Å². The van der Waals surface area contributed by atoms with Crippen LogP contribution in [0.15, 0.2) is 18.2 Å². The van der Waals surface area contributed by atoms with E-state index in [-0.39, 0.29) is 11.6 Å². The van der Waals surface area contributed by atoms with Crippen molar-refractivity contribution >= 4 is 21.8 Å². The van der Waals surface area contributed by atoms with E-state index in [0.717, 1.165) is 17.8 Å². The van der Waals surface area contributed by atoms with Gasteiger partial charge >= 0.3 is 6.18 Å². The molecule has 0 bridgehead atoms. The molecule has 1 N–H and O–H groups in total. The molecule has 2 nitrogen and oxygen atoms in total. The van der Waals surface area contributed by atoms with E-state index in [1.165, 1.54) is 0 Å². The number of nitrogens with one attached hydrogen (secondary N) is 1. The zero-order valence-electron chi connectivity index (χ0n) is 10.7. The van der Waals surface area contributed by atoms with Crippen LogP contribution in [-0.2, 0) is 6.18 Å². The van der Waals surface area contributed by atoms with Crippen LogP contribution in [0.3, 0.4) is 0 Å². The van der Waals surface area contributed by atoms with Crippen LogP contribution in [0.25, 0.3) is 0 Å². The van der Waals surface area contributed by atoms with Gasteiger partial charge in [0, 0.05) is 16.9 Å². The lowest BCUT2D eigenvalue weighted by Gasteiger charge is -2.14. The van der Waals surface area contributed by atoms with Gasteiger partial charge in [0.05, 0.1) is 5.56 Å². The van der Waals surface area contributed by atoms with Gasteiger partial charge in [0.1, 0.15) is 5.82 Å². The SMILES string of the molecule is CC(CCCBr)NC(=O)c1ccc(F)c(C(F)(F)F)c1. The number of hydrogen-bond donors (Lipinski definition) is 1. The number of amides is 1. The Morgan fingerprint density at radius 2 is 2.05 bits per heavy atom. The van der Waals surface area contributed by atoms with Crippen molar-refractivity contribution in [3.8, 4) is 0 Å². The molecule has 1 aromatic carbocycles. The van der Waals surface area contributed by atoms with Crippen LogP contribution >= 0.6 is 15.9 Å². The van der Waals surface area contributed by atoms with Gasteiger partial charge < -0.3 is 5.32 Å². The van der Waals surface area contributed by atoms with Gasteiger partial charge in [-0.25, -0.2) is 4.39 Å². The fourth-order valence-corrected chi connectivity index (χ4v) is 1.97. The van der Waals surface area contributed by atoms with Crippen LogP contribution < -0.4 is 5.32 Å². The molecular weight excluding hydrogens is 342 g/mol. The Balaban J connectivity index is 2.84. The van der Waals surface area contributed by atoms with Crippen molar-refractivity contribution < 1.29 is 22.4 Å². The molecule has 0 aliphatic rings. The summed E-state index contributed by atoms with van der Waals surface area (Å²) in [5.74, 6) is -2.03. The molecule has 7 heteroatoms. The van der Waals surface area contributed by atoms with Crippen LogP contribution in [0.2, 0.25) is 0 Å². The quantitative estimate of drug-likeness (QED) is 0.624. The predicted molar refractivity (Wildman–Crippen MR) is 71.4 cm³/mol. The molecule has 0 saturated heterocycles. The second-order valence-electron chi connectivity index (χ2n) is 4.40. The molecule has 0 radical (unpaired) electrons. The first-order chi connectivity index (χ1) is 9.25. The average molecular weight is 356 g/mol. The minimum atomic E-state index is -4.82. The van der Waals surface area contributed by atoms with Crippen molar-refractivity contribution in [3.63, 3.8) is 0 Å². The highest BCUT2D eigenvalue weighted by atomic mass is 79.9. The summed E-state index contributed by atoms with van der Waals surface area (Å²) in [6, 6.07) is 2.05. The summed E-state index contributed by atoms with van der Waals surface area (Å²) in [6.45, 7) is 1.76. The third kappa shape index (κ3) is 4.77. The molecule has 112 valence electrons. The molecule has 1 unspecified atom stereocenters. The van der Waals surface area contributed by atoms with Crippen molar-refractivity contribution in [2.75, 3.05) is 5.33 Å². The molecule has 1 aromatic rings. The van der Waals surface area contributed by atoms with Crippen molar-refractivity contribution in [2.45, 2.75) is 32.0 Å². The van der Waals surface area contributed by atoms with Crippen molar-refractivity contribution in [1.82, 2.24) is 5.32 Å². The Bertz CT molecular complexity index is 476. The maximum absolute atomic E-state index is 13.1. The summed E-state index contributed by atoms with van der Waals surface area (Å²) in [6.07, 6.45) is -3.29. The number of alkyl halides is 4. The zero-order chi connectivity index (χ0) is 15.3. The first-order valence-electron chi connectivity index (χ1n) is 5.99. The highest BCUT2D eigenvalue weighted by Crippen LogP contribution is 2.31. The Morgan fingerprint density at radius 1 is 1.40 bits per heavy atom. The molecule has 0 fully saturated rings. The Morgan fingerprint density at radius 3 is 2.60 bits per heavy atom. The molecule has 0 aromatic heterocycles. The predicted octanol–water partition coefficient (Wildman–Crippen LogP) is 4.14. The molecule has 0 saturated carbocycles. The second-order valence-corrected chi connectivity index (χ2v) is 5.19. The third-order valence-corrected chi connectivity index (χ3v) is 3.24. The number of carbonyl (C=O) groups excluding carboxylic acids is 1. The lowest BCUT2D eigenvalue weighted by atomic mass is 10.1. The fourth-order valence-electron chi connectivity index (χ4n) is 1.65. The number of carbonyl (C=O) groups is 1. The molecule has 0 aliphatic carbocycles. The van der Waals surface area contributed by atoms with E-state index in [1.807, 2.05) is 0 Å². The van der Waals surface area contributed by atoms with E-state index in [9.17, 15) is 22.4 Å². The summed E-state index contributed by atoms with van der Waals surface area (Å²) in [5.41, 5.74) is -1.64. The Hall–Kier alpha value is -1.11. The molecule has 1 amide bonds. The van der Waals surface area contributed by atoms with Gasteiger partial charge in [-0.2, -0.15) is 13.2 Å². The maximum Gasteiger partial charge on any atom is 0.419 e. The van der Waals surface area contributed by atoms with Gasteiger partial charge in [0.25, 0.3) is 5.91 Å². The molecule has 1 atom stereocenters. The summed E-state index contributed by atoms with van der Waals surface area (Å²) in [7, 11) is 0. The largest absolute Gasteiger partial charge is 0.419 e. The molecule has 0 heterocycles. The van der Waals surface area contributed by atoms with Gasteiger partial charge in [-0.1, -0.05) is 15.9 Å². The van der Waals surface area contributed by atoms with Gasteiger partial charge in [-0.05, 0) is 38.0 Å². The first-order valence-corrected chi connectivity index (χ1v) is 7.11. The minimum Gasteiger partial charge on any atom is -0.350 e. The van der Waals surface area contributed by atoms with Crippen LogP contribution in [0, 0.1) is 5.82 Å². The number of hydrogen-bond acceptors (Lipinski definition) is 1. The van der Waals surface area contributed by atoms with E-state index in [2.05, 4.69) is 21.2 Å². The zero-order valence-corrected chi connectivity index (χ0v) is 12.3. The van der Waals surface area contributed by atoms with E-state index >= 15 is 0 Å². The Labute approximate surface area is 122 Å². The second kappa shape index (κ2) is 7.06.